The van der Waals surface area contributed by atoms with Crippen LogP contribution in [0, 0.1) is 11.8 Å². The van der Waals surface area contributed by atoms with Crippen LogP contribution in [0.4, 0.5) is 0 Å². The lowest BCUT2D eigenvalue weighted by Gasteiger charge is -2.59. The molecule has 1 saturated carbocycles. The summed E-state index contributed by atoms with van der Waals surface area (Å²) in [5.74, 6) is 1.87. The fourth-order valence-electron chi connectivity index (χ4n) is 3.76. The van der Waals surface area contributed by atoms with E-state index in [1.54, 1.807) is 0 Å². The molecule has 2 heteroatoms. The highest BCUT2D eigenvalue weighted by Crippen LogP contribution is 2.44. The van der Waals surface area contributed by atoms with Crippen LogP contribution in [0.25, 0.3) is 0 Å². The van der Waals surface area contributed by atoms with Crippen LogP contribution in [0.15, 0.2) is 0 Å². The van der Waals surface area contributed by atoms with Gasteiger partial charge in [-0.3, -0.25) is 4.90 Å². The van der Waals surface area contributed by atoms with Gasteiger partial charge in [0, 0.05) is 6.04 Å². The molecule has 3 aliphatic rings. The molecule has 0 aromatic heterocycles. The Balaban J connectivity index is 1.61. The molecule has 0 radical (unpaired) electrons. The topological polar surface area (TPSA) is 12.5 Å². The molecular formula is C14H25NO. The van der Waals surface area contributed by atoms with E-state index in [1.165, 1.54) is 38.6 Å². The number of nitrogens with zero attached hydrogens (tertiary/aromatic N) is 1. The maximum Gasteiger partial charge on any atom is 0.0681 e. The Morgan fingerprint density at radius 2 is 1.94 bits per heavy atom. The largest absolute Gasteiger partial charge is 0.377 e. The molecule has 0 amide bonds. The van der Waals surface area contributed by atoms with E-state index in [9.17, 15) is 0 Å². The van der Waals surface area contributed by atoms with Crippen molar-refractivity contribution in [1.82, 2.24) is 4.90 Å². The van der Waals surface area contributed by atoms with Crippen molar-refractivity contribution in [2.24, 2.45) is 11.8 Å². The second kappa shape index (κ2) is 3.99. The lowest BCUT2D eigenvalue weighted by molar-refractivity contribution is -0.184. The van der Waals surface area contributed by atoms with Crippen LogP contribution < -0.4 is 0 Å². The Hall–Kier alpha value is -0.0800. The van der Waals surface area contributed by atoms with Gasteiger partial charge in [0.15, 0.2) is 0 Å². The van der Waals surface area contributed by atoms with Crippen molar-refractivity contribution in [2.45, 2.75) is 57.5 Å². The molecule has 3 rings (SSSR count). The Labute approximate surface area is 99.3 Å². The van der Waals surface area contributed by atoms with Crippen molar-refractivity contribution < 1.29 is 4.74 Å². The highest BCUT2D eigenvalue weighted by Gasteiger charge is 2.50. The van der Waals surface area contributed by atoms with Gasteiger partial charge in [0.25, 0.3) is 0 Å². The summed E-state index contributed by atoms with van der Waals surface area (Å²) < 4.78 is 5.50. The predicted octanol–water partition coefficient (Wildman–Crippen LogP) is 2.68. The number of ether oxygens (including phenoxy) is 1. The normalized spacial score (nSPS) is 38.4. The van der Waals surface area contributed by atoms with Gasteiger partial charge < -0.3 is 4.74 Å². The molecule has 2 nitrogen and oxygen atoms in total. The first-order valence-electron chi connectivity index (χ1n) is 7.06. The average molecular weight is 223 g/mol. The van der Waals surface area contributed by atoms with Gasteiger partial charge in [-0.1, -0.05) is 20.3 Å². The van der Waals surface area contributed by atoms with Crippen molar-refractivity contribution in [3.63, 3.8) is 0 Å². The summed E-state index contributed by atoms with van der Waals surface area (Å²) in [5, 5.41) is 0. The molecule has 2 saturated heterocycles. The van der Waals surface area contributed by atoms with Gasteiger partial charge in [0.1, 0.15) is 0 Å². The summed E-state index contributed by atoms with van der Waals surface area (Å²) in [6, 6.07) is 0.886. The lowest BCUT2D eigenvalue weighted by atomic mass is 9.70. The van der Waals surface area contributed by atoms with Crippen molar-refractivity contribution >= 4 is 0 Å². The summed E-state index contributed by atoms with van der Waals surface area (Å²) >= 11 is 0. The SMILES string of the molecule is CC(C)C1CC(N2CCCCC23COC3)C1. The van der Waals surface area contributed by atoms with E-state index in [2.05, 4.69) is 18.7 Å². The van der Waals surface area contributed by atoms with E-state index < -0.39 is 0 Å². The summed E-state index contributed by atoms with van der Waals surface area (Å²) in [6.07, 6.45) is 7.10. The van der Waals surface area contributed by atoms with Crippen molar-refractivity contribution in [2.75, 3.05) is 19.8 Å². The van der Waals surface area contributed by atoms with E-state index in [4.69, 9.17) is 4.74 Å². The lowest BCUT2D eigenvalue weighted by Crippen LogP contribution is -2.68. The summed E-state index contributed by atoms with van der Waals surface area (Å²) in [4.78, 5) is 2.82. The number of likely N-dealkylation sites (tertiary alicyclic amines) is 1. The highest BCUT2D eigenvalue weighted by molar-refractivity contribution is 5.04. The first-order chi connectivity index (χ1) is 7.71. The van der Waals surface area contributed by atoms with Crippen LogP contribution >= 0.6 is 0 Å². The molecule has 0 aromatic rings. The second-order valence-electron chi connectivity index (χ2n) is 6.50. The van der Waals surface area contributed by atoms with Crippen LogP contribution in [0.1, 0.15) is 46.0 Å². The van der Waals surface area contributed by atoms with Crippen LogP contribution in [0.3, 0.4) is 0 Å². The minimum Gasteiger partial charge on any atom is -0.377 e. The number of rotatable bonds is 2. The van der Waals surface area contributed by atoms with Crippen LogP contribution in [0.2, 0.25) is 0 Å². The highest BCUT2D eigenvalue weighted by atomic mass is 16.5. The van der Waals surface area contributed by atoms with E-state index >= 15 is 0 Å². The molecule has 0 atom stereocenters. The maximum atomic E-state index is 5.50. The molecule has 2 heterocycles. The van der Waals surface area contributed by atoms with Crippen molar-refractivity contribution in [3.05, 3.63) is 0 Å². The van der Waals surface area contributed by atoms with Gasteiger partial charge in [-0.25, -0.2) is 0 Å². The zero-order valence-electron chi connectivity index (χ0n) is 10.7. The van der Waals surface area contributed by atoms with Gasteiger partial charge in [-0.2, -0.15) is 0 Å². The van der Waals surface area contributed by atoms with Gasteiger partial charge in [0.05, 0.1) is 18.8 Å². The van der Waals surface area contributed by atoms with Crippen molar-refractivity contribution in [1.29, 1.82) is 0 Å². The minimum absolute atomic E-state index is 0.477. The molecule has 2 aliphatic heterocycles. The molecular weight excluding hydrogens is 198 g/mol. The molecule has 0 aromatic carbocycles. The smallest absolute Gasteiger partial charge is 0.0681 e. The third-order valence-electron chi connectivity index (χ3n) is 5.18. The average Bonchev–Trinajstić information content (AvgIpc) is 2.13. The van der Waals surface area contributed by atoms with E-state index in [1.807, 2.05) is 0 Å². The van der Waals surface area contributed by atoms with Gasteiger partial charge in [-0.15, -0.1) is 0 Å². The molecule has 3 fully saturated rings. The first kappa shape index (κ1) is 11.0. The monoisotopic (exact) mass is 223 g/mol. The third-order valence-corrected chi connectivity index (χ3v) is 5.18. The zero-order chi connectivity index (χ0) is 11.2. The van der Waals surface area contributed by atoms with E-state index in [0.717, 1.165) is 31.1 Å². The maximum absolute atomic E-state index is 5.50. The Kier molecular flexibility index (Phi) is 2.75. The van der Waals surface area contributed by atoms with Gasteiger partial charge in [0.2, 0.25) is 0 Å². The van der Waals surface area contributed by atoms with Gasteiger partial charge in [-0.05, 0) is 44.1 Å². The van der Waals surface area contributed by atoms with Gasteiger partial charge >= 0.3 is 0 Å². The molecule has 16 heavy (non-hydrogen) atoms. The Bertz CT molecular complexity index is 253. The molecule has 92 valence electrons. The van der Waals surface area contributed by atoms with Crippen molar-refractivity contribution in [3.8, 4) is 0 Å². The zero-order valence-corrected chi connectivity index (χ0v) is 10.7. The van der Waals surface area contributed by atoms with E-state index in [-0.39, 0.29) is 0 Å². The molecule has 0 unspecified atom stereocenters. The number of piperidine rings is 1. The van der Waals surface area contributed by atoms with Crippen LogP contribution in [-0.4, -0.2) is 36.2 Å². The van der Waals surface area contributed by atoms with E-state index in [0.29, 0.717) is 5.54 Å². The summed E-state index contributed by atoms with van der Waals surface area (Å²) in [7, 11) is 0. The fourth-order valence-corrected chi connectivity index (χ4v) is 3.76. The quantitative estimate of drug-likeness (QED) is 0.713. The van der Waals surface area contributed by atoms with Crippen LogP contribution in [-0.2, 0) is 4.74 Å². The van der Waals surface area contributed by atoms with Crippen LogP contribution in [0.5, 0.6) is 0 Å². The number of hydrogen-bond donors (Lipinski definition) is 0. The fraction of sp³-hybridized carbons (Fsp3) is 1.00. The molecule has 1 aliphatic carbocycles. The Morgan fingerprint density at radius 3 is 2.50 bits per heavy atom. The molecule has 0 N–H and O–H groups in total. The molecule has 0 bridgehead atoms. The number of hydrogen-bond acceptors (Lipinski definition) is 2. The third kappa shape index (κ3) is 1.62. The Morgan fingerprint density at radius 1 is 1.19 bits per heavy atom. The predicted molar refractivity (Wildman–Crippen MR) is 65.5 cm³/mol. The first-order valence-corrected chi connectivity index (χ1v) is 7.06. The summed E-state index contributed by atoms with van der Waals surface area (Å²) in [6.45, 7) is 8.10. The minimum atomic E-state index is 0.477. The standard InChI is InChI=1S/C14H25NO/c1-11(2)12-7-13(8-12)15-6-4-3-5-14(15)9-16-10-14/h11-13H,3-10H2,1-2H3. The second-order valence-corrected chi connectivity index (χ2v) is 6.50. The summed E-state index contributed by atoms with van der Waals surface area (Å²) in [5.41, 5.74) is 0.477. The molecule has 1 spiro atoms.